The first-order valence-corrected chi connectivity index (χ1v) is 5.51. The lowest BCUT2D eigenvalue weighted by atomic mass is 10.1. The Hall–Kier alpha value is -2.04. The molecule has 0 aliphatic heterocycles. The molecule has 0 N–H and O–H groups in total. The molecule has 18 heavy (non-hydrogen) atoms. The molecule has 2 aromatic heterocycles. The van der Waals surface area contributed by atoms with Gasteiger partial charge in [-0.3, -0.25) is 4.98 Å². The molecule has 0 aliphatic carbocycles. The van der Waals surface area contributed by atoms with Gasteiger partial charge in [-0.2, -0.15) is 0 Å². The predicted octanol–water partition coefficient (Wildman–Crippen LogP) is 3.67. The van der Waals surface area contributed by atoms with E-state index in [2.05, 4.69) is 9.97 Å². The Morgan fingerprint density at radius 1 is 1.11 bits per heavy atom. The summed E-state index contributed by atoms with van der Waals surface area (Å²) in [4.78, 5) is 7.77. The van der Waals surface area contributed by atoms with Crippen LogP contribution < -0.4 is 4.74 Å². The van der Waals surface area contributed by atoms with E-state index in [1.165, 1.54) is 24.4 Å². The second-order valence-corrected chi connectivity index (χ2v) is 4.11. The van der Waals surface area contributed by atoms with Gasteiger partial charge >= 0.3 is 0 Å². The number of hydrogen-bond acceptors (Lipinski definition) is 3. The zero-order valence-corrected chi connectivity index (χ0v) is 10.0. The van der Waals surface area contributed by atoms with Gasteiger partial charge in [0, 0.05) is 11.8 Å². The van der Waals surface area contributed by atoms with Gasteiger partial charge in [-0.1, -0.05) is 13.8 Å². The molecule has 0 atom stereocenters. The van der Waals surface area contributed by atoms with Crippen LogP contribution in [0.25, 0.3) is 0 Å². The van der Waals surface area contributed by atoms with Crippen molar-refractivity contribution in [3.05, 3.63) is 47.9 Å². The van der Waals surface area contributed by atoms with Gasteiger partial charge in [-0.25, -0.2) is 13.8 Å². The highest BCUT2D eigenvalue weighted by Gasteiger charge is 2.10. The Morgan fingerprint density at radius 3 is 2.44 bits per heavy atom. The number of aromatic nitrogens is 2. The summed E-state index contributed by atoms with van der Waals surface area (Å²) in [7, 11) is 0. The highest BCUT2D eigenvalue weighted by atomic mass is 19.1. The van der Waals surface area contributed by atoms with Gasteiger partial charge in [0.1, 0.15) is 5.82 Å². The summed E-state index contributed by atoms with van der Waals surface area (Å²) >= 11 is 0. The van der Waals surface area contributed by atoms with Crippen molar-refractivity contribution >= 4 is 0 Å². The third kappa shape index (κ3) is 2.80. The van der Waals surface area contributed by atoms with Crippen LogP contribution in [0.4, 0.5) is 8.78 Å². The lowest BCUT2D eigenvalue weighted by Crippen LogP contribution is -1.97. The minimum atomic E-state index is -0.514. The third-order valence-electron chi connectivity index (χ3n) is 2.35. The molecule has 5 heteroatoms. The molecule has 0 spiro atoms. The molecule has 0 aliphatic rings. The van der Waals surface area contributed by atoms with Crippen molar-refractivity contribution < 1.29 is 13.5 Å². The van der Waals surface area contributed by atoms with Gasteiger partial charge in [0.05, 0.1) is 12.4 Å². The normalized spacial score (nSPS) is 10.7. The van der Waals surface area contributed by atoms with Crippen LogP contribution in [-0.4, -0.2) is 9.97 Å². The maximum atomic E-state index is 13.7. The van der Waals surface area contributed by atoms with Crippen LogP contribution >= 0.6 is 0 Å². The van der Waals surface area contributed by atoms with Crippen molar-refractivity contribution in [2.24, 2.45) is 0 Å². The van der Waals surface area contributed by atoms with Gasteiger partial charge in [0.25, 0.3) is 0 Å². The van der Waals surface area contributed by atoms with Crippen LogP contribution in [0.2, 0.25) is 0 Å². The zero-order valence-electron chi connectivity index (χ0n) is 10.0. The first-order chi connectivity index (χ1) is 8.56. The number of nitrogens with zero attached hydrogens (tertiary/aromatic N) is 2. The number of halogens is 2. The van der Waals surface area contributed by atoms with E-state index in [1.807, 2.05) is 13.8 Å². The van der Waals surface area contributed by atoms with Crippen LogP contribution in [0, 0.1) is 11.6 Å². The summed E-state index contributed by atoms with van der Waals surface area (Å²) in [5, 5.41) is 0. The van der Waals surface area contributed by atoms with Crippen molar-refractivity contribution in [1.82, 2.24) is 9.97 Å². The monoisotopic (exact) mass is 250 g/mol. The average molecular weight is 250 g/mol. The van der Waals surface area contributed by atoms with Crippen LogP contribution in [-0.2, 0) is 0 Å². The molecule has 3 nitrogen and oxygen atoms in total. The van der Waals surface area contributed by atoms with E-state index in [0.717, 1.165) is 6.20 Å². The molecule has 0 fully saturated rings. The van der Waals surface area contributed by atoms with Crippen LogP contribution in [0.1, 0.15) is 25.5 Å². The zero-order chi connectivity index (χ0) is 13.1. The van der Waals surface area contributed by atoms with Crippen LogP contribution in [0.3, 0.4) is 0 Å². The fraction of sp³-hybridized carbons (Fsp3) is 0.231. The maximum absolute atomic E-state index is 13.7. The van der Waals surface area contributed by atoms with Gasteiger partial charge in [0.15, 0.2) is 11.6 Å². The lowest BCUT2D eigenvalue weighted by molar-refractivity contribution is 0.421. The minimum absolute atomic E-state index is 0.0292. The molecule has 2 rings (SSSR count). The van der Waals surface area contributed by atoms with Gasteiger partial charge in [0.2, 0.25) is 5.88 Å². The second-order valence-electron chi connectivity index (χ2n) is 4.11. The Balaban J connectivity index is 2.22. The van der Waals surface area contributed by atoms with Gasteiger partial charge in [-0.05, 0) is 18.1 Å². The summed E-state index contributed by atoms with van der Waals surface area (Å²) in [5.74, 6) is -0.763. The van der Waals surface area contributed by atoms with E-state index in [0.29, 0.717) is 5.69 Å². The minimum Gasteiger partial charge on any atom is -0.434 e. The van der Waals surface area contributed by atoms with E-state index in [1.54, 1.807) is 0 Å². The second kappa shape index (κ2) is 5.08. The number of rotatable bonds is 3. The lowest BCUT2D eigenvalue weighted by Gasteiger charge is -2.08. The van der Waals surface area contributed by atoms with Crippen molar-refractivity contribution in [2.45, 2.75) is 19.8 Å². The molecular weight excluding hydrogens is 238 g/mol. The number of hydrogen-bond donors (Lipinski definition) is 0. The van der Waals surface area contributed by atoms with E-state index in [-0.39, 0.29) is 17.5 Å². The molecule has 0 amide bonds. The first kappa shape index (κ1) is 12.4. The fourth-order valence-electron chi connectivity index (χ4n) is 1.36. The molecule has 0 unspecified atom stereocenters. The van der Waals surface area contributed by atoms with Crippen molar-refractivity contribution in [1.29, 1.82) is 0 Å². The summed E-state index contributed by atoms with van der Waals surface area (Å²) < 4.78 is 31.5. The van der Waals surface area contributed by atoms with Crippen molar-refractivity contribution in [2.75, 3.05) is 0 Å². The van der Waals surface area contributed by atoms with Crippen molar-refractivity contribution in [3.8, 4) is 11.6 Å². The Bertz CT molecular complexity index is 541. The number of pyridine rings is 2. The molecule has 0 aromatic carbocycles. The number of ether oxygens (including phenoxy) is 1. The largest absolute Gasteiger partial charge is 0.434 e. The standard InChI is InChI=1S/C13H12F2N2O/c1-8(2)11-5-10(15)12(7-16-11)18-13-4-3-9(14)6-17-13/h3-8H,1-2H3. The summed E-state index contributed by atoms with van der Waals surface area (Å²) in [6.07, 6.45) is 2.30. The summed E-state index contributed by atoms with van der Waals surface area (Å²) in [5.41, 5.74) is 0.645. The molecular formula is C13H12F2N2O. The molecule has 0 saturated heterocycles. The van der Waals surface area contributed by atoms with Gasteiger partial charge < -0.3 is 4.74 Å². The SMILES string of the molecule is CC(C)c1cc(F)c(Oc2ccc(F)cn2)cn1. The van der Waals surface area contributed by atoms with E-state index < -0.39 is 11.6 Å². The molecule has 0 saturated carbocycles. The molecule has 94 valence electrons. The third-order valence-corrected chi connectivity index (χ3v) is 2.35. The molecule has 0 bridgehead atoms. The Labute approximate surface area is 103 Å². The van der Waals surface area contributed by atoms with Gasteiger partial charge in [-0.15, -0.1) is 0 Å². The van der Waals surface area contributed by atoms with Crippen molar-refractivity contribution in [3.63, 3.8) is 0 Å². The van der Waals surface area contributed by atoms with Crippen LogP contribution in [0.5, 0.6) is 11.6 Å². The Morgan fingerprint density at radius 2 is 1.89 bits per heavy atom. The molecule has 2 heterocycles. The topological polar surface area (TPSA) is 35.0 Å². The van der Waals surface area contributed by atoms with E-state index in [9.17, 15) is 8.78 Å². The molecule has 2 aromatic rings. The fourth-order valence-corrected chi connectivity index (χ4v) is 1.36. The highest BCUT2D eigenvalue weighted by molar-refractivity contribution is 5.28. The molecule has 0 radical (unpaired) electrons. The van der Waals surface area contributed by atoms with E-state index >= 15 is 0 Å². The summed E-state index contributed by atoms with van der Waals surface area (Å²) in [6, 6.07) is 3.84. The summed E-state index contributed by atoms with van der Waals surface area (Å²) in [6.45, 7) is 3.84. The van der Waals surface area contributed by atoms with E-state index in [4.69, 9.17) is 4.74 Å². The highest BCUT2D eigenvalue weighted by Crippen LogP contribution is 2.24. The van der Waals surface area contributed by atoms with Crippen LogP contribution in [0.15, 0.2) is 30.6 Å². The quantitative estimate of drug-likeness (QED) is 0.833. The maximum Gasteiger partial charge on any atom is 0.219 e. The smallest absolute Gasteiger partial charge is 0.219 e. The first-order valence-electron chi connectivity index (χ1n) is 5.51. The predicted molar refractivity (Wildman–Crippen MR) is 62.6 cm³/mol. The average Bonchev–Trinajstić information content (AvgIpc) is 2.34. The Kier molecular flexibility index (Phi) is 3.50.